The summed E-state index contributed by atoms with van der Waals surface area (Å²) in [4.78, 5) is 26.7. The molecule has 0 aromatic heterocycles. The quantitative estimate of drug-likeness (QED) is 0.858. The van der Waals surface area contributed by atoms with E-state index in [9.17, 15) is 9.59 Å². The lowest BCUT2D eigenvalue weighted by atomic mass is 9.67. The van der Waals surface area contributed by atoms with Crippen molar-refractivity contribution in [2.75, 3.05) is 7.05 Å². The molecule has 0 radical (unpaired) electrons. The first-order valence-electron chi connectivity index (χ1n) is 8.39. The molecule has 2 unspecified atom stereocenters. The second-order valence-electron chi connectivity index (χ2n) is 7.08. The van der Waals surface area contributed by atoms with Gasteiger partial charge in [0.2, 0.25) is 5.91 Å². The summed E-state index contributed by atoms with van der Waals surface area (Å²) in [7, 11) is 1.88. The molecule has 2 bridgehead atoms. The van der Waals surface area contributed by atoms with Crippen LogP contribution in [0.4, 0.5) is 0 Å². The van der Waals surface area contributed by atoms with E-state index in [2.05, 4.69) is 31.2 Å². The molecule has 2 aliphatic rings. The molecule has 0 saturated heterocycles. The highest BCUT2D eigenvalue weighted by Crippen LogP contribution is 2.40. The largest absolute Gasteiger partial charge is 0.341 e. The fourth-order valence-electron chi connectivity index (χ4n) is 4.04. The van der Waals surface area contributed by atoms with Gasteiger partial charge < -0.3 is 4.90 Å². The van der Waals surface area contributed by atoms with Crippen LogP contribution in [0.5, 0.6) is 0 Å². The number of benzene rings is 1. The molecule has 2 fully saturated rings. The van der Waals surface area contributed by atoms with Crippen LogP contribution in [0.25, 0.3) is 0 Å². The number of rotatable bonds is 3. The minimum atomic E-state index is 0.0449. The molecule has 118 valence electrons. The molecular formula is C19H25NO2. The Morgan fingerprint density at radius 1 is 1.14 bits per heavy atom. The molecular weight excluding hydrogens is 274 g/mol. The summed E-state index contributed by atoms with van der Waals surface area (Å²) in [6.45, 7) is 2.72. The van der Waals surface area contributed by atoms with Crippen LogP contribution in [-0.2, 0) is 16.1 Å². The third-order valence-corrected chi connectivity index (χ3v) is 5.31. The Morgan fingerprint density at radius 2 is 1.73 bits per heavy atom. The number of nitrogens with zero attached hydrogens (tertiary/aromatic N) is 1. The maximum Gasteiger partial charge on any atom is 0.225 e. The van der Waals surface area contributed by atoms with Crippen LogP contribution < -0.4 is 0 Å². The van der Waals surface area contributed by atoms with Gasteiger partial charge in [0.05, 0.1) is 0 Å². The van der Waals surface area contributed by atoms with E-state index >= 15 is 0 Å². The predicted octanol–water partition coefficient (Wildman–Crippen LogP) is 3.35. The number of ketones is 1. The van der Waals surface area contributed by atoms with Crippen molar-refractivity contribution < 1.29 is 9.59 Å². The van der Waals surface area contributed by atoms with Crippen LogP contribution >= 0.6 is 0 Å². The van der Waals surface area contributed by atoms with Crippen molar-refractivity contribution in [1.82, 2.24) is 4.90 Å². The number of fused-ring (bicyclic) bond motifs is 2. The van der Waals surface area contributed by atoms with Gasteiger partial charge in [-0.2, -0.15) is 0 Å². The van der Waals surface area contributed by atoms with E-state index in [0.717, 1.165) is 37.7 Å². The number of hydrogen-bond donors (Lipinski definition) is 0. The van der Waals surface area contributed by atoms with Crippen LogP contribution in [0.3, 0.4) is 0 Å². The van der Waals surface area contributed by atoms with Gasteiger partial charge in [-0.15, -0.1) is 0 Å². The minimum absolute atomic E-state index is 0.0449. The van der Waals surface area contributed by atoms with E-state index in [1.165, 1.54) is 5.56 Å². The summed E-state index contributed by atoms with van der Waals surface area (Å²) < 4.78 is 0. The molecule has 2 saturated carbocycles. The monoisotopic (exact) mass is 299 g/mol. The van der Waals surface area contributed by atoms with Gasteiger partial charge >= 0.3 is 0 Å². The normalized spacial score (nSPS) is 27.5. The van der Waals surface area contributed by atoms with Crippen molar-refractivity contribution in [3.63, 3.8) is 0 Å². The SMILES string of the molecule is Cc1ccc(CN(C)C(=O)C2CC3CCCC(C2)C3=O)cc1. The third-order valence-electron chi connectivity index (χ3n) is 5.31. The zero-order chi connectivity index (χ0) is 15.7. The summed E-state index contributed by atoms with van der Waals surface area (Å²) in [5.74, 6) is 0.980. The van der Waals surface area contributed by atoms with Crippen molar-refractivity contribution in [1.29, 1.82) is 0 Å². The summed E-state index contributed by atoms with van der Waals surface area (Å²) in [5, 5.41) is 0. The number of amides is 1. The Hall–Kier alpha value is -1.64. The molecule has 3 rings (SSSR count). The molecule has 1 amide bonds. The smallest absolute Gasteiger partial charge is 0.225 e. The molecule has 1 aromatic rings. The molecule has 1 aromatic carbocycles. The van der Waals surface area contributed by atoms with Gasteiger partial charge in [0, 0.05) is 31.3 Å². The Kier molecular flexibility index (Phi) is 4.32. The third kappa shape index (κ3) is 3.08. The van der Waals surface area contributed by atoms with Gasteiger partial charge in [0.15, 0.2) is 0 Å². The maximum atomic E-state index is 12.7. The lowest BCUT2D eigenvalue weighted by Gasteiger charge is -2.38. The summed E-state index contributed by atoms with van der Waals surface area (Å²) in [6, 6.07) is 8.32. The standard InChI is InChI=1S/C19H25NO2/c1-13-6-8-14(9-7-13)12-20(2)19(22)17-10-15-4-3-5-16(11-17)18(15)21/h6-9,15-17H,3-5,10-12H2,1-2H3. The Labute approximate surface area is 132 Å². The first-order valence-corrected chi connectivity index (χ1v) is 8.39. The fourth-order valence-corrected chi connectivity index (χ4v) is 4.04. The van der Waals surface area contributed by atoms with Crippen molar-refractivity contribution >= 4 is 11.7 Å². The van der Waals surface area contributed by atoms with Crippen LogP contribution in [0.2, 0.25) is 0 Å². The van der Waals surface area contributed by atoms with Crippen LogP contribution in [0.1, 0.15) is 43.2 Å². The van der Waals surface area contributed by atoms with Crippen molar-refractivity contribution in [3.05, 3.63) is 35.4 Å². The van der Waals surface area contributed by atoms with E-state index < -0.39 is 0 Å². The molecule has 0 aliphatic heterocycles. The lowest BCUT2D eigenvalue weighted by Crippen LogP contribution is -2.43. The number of carbonyl (C=O) groups is 2. The summed E-state index contributed by atoms with van der Waals surface area (Å²) >= 11 is 0. The highest BCUT2D eigenvalue weighted by Gasteiger charge is 2.41. The molecule has 0 heterocycles. The van der Waals surface area contributed by atoms with Gasteiger partial charge in [0.25, 0.3) is 0 Å². The van der Waals surface area contributed by atoms with Crippen LogP contribution in [0.15, 0.2) is 24.3 Å². The van der Waals surface area contributed by atoms with Crippen LogP contribution in [-0.4, -0.2) is 23.6 Å². The molecule has 3 heteroatoms. The Bertz CT molecular complexity index is 547. The number of Topliss-reactive ketones (excluding diaryl/α,β-unsaturated/α-hetero) is 1. The van der Waals surface area contributed by atoms with E-state index in [-0.39, 0.29) is 23.7 Å². The molecule has 3 nitrogen and oxygen atoms in total. The highest BCUT2D eigenvalue weighted by molar-refractivity contribution is 5.88. The fraction of sp³-hybridized carbons (Fsp3) is 0.579. The zero-order valence-corrected chi connectivity index (χ0v) is 13.5. The molecule has 22 heavy (non-hydrogen) atoms. The first kappa shape index (κ1) is 15.3. The number of aryl methyl sites for hydroxylation is 1. The van der Waals surface area contributed by atoms with E-state index in [1.54, 1.807) is 0 Å². The Morgan fingerprint density at radius 3 is 2.32 bits per heavy atom. The Balaban J connectivity index is 1.63. The predicted molar refractivity (Wildman–Crippen MR) is 86.2 cm³/mol. The minimum Gasteiger partial charge on any atom is -0.341 e. The summed E-state index contributed by atoms with van der Waals surface area (Å²) in [6.07, 6.45) is 4.67. The molecule has 2 atom stereocenters. The second kappa shape index (κ2) is 6.23. The van der Waals surface area contributed by atoms with E-state index in [4.69, 9.17) is 0 Å². The van der Waals surface area contributed by atoms with Gasteiger partial charge in [0.1, 0.15) is 5.78 Å². The van der Waals surface area contributed by atoms with E-state index in [0.29, 0.717) is 12.3 Å². The van der Waals surface area contributed by atoms with Crippen molar-refractivity contribution in [2.24, 2.45) is 17.8 Å². The topological polar surface area (TPSA) is 37.4 Å². The number of hydrogen-bond acceptors (Lipinski definition) is 2. The van der Waals surface area contributed by atoms with Crippen LogP contribution in [0, 0.1) is 24.7 Å². The van der Waals surface area contributed by atoms with Gasteiger partial charge in [-0.3, -0.25) is 9.59 Å². The maximum absolute atomic E-state index is 12.7. The highest BCUT2D eigenvalue weighted by atomic mass is 16.2. The van der Waals surface area contributed by atoms with Crippen molar-refractivity contribution in [2.45, 2.75) is 45.6 Å². The number of carbonyl (C=O) groups excluding carboxylic acids is 2. The molecule has 0 spiro atoms. The second-order valence-corrected chi connectivity index (χ2v) is 7.08. The van der Waals surface area contributed by atoms with Gasteiger partial charge in [-0.1, -0.05) is 36.2 Å². The van der Waals surface area contributed by atoms with Gasteiger partial charge in [-0.05, 0) is 38.2 Å². The molecule has 0 N–H and O–H groups in total. The lowest BCUT2D eigenvalue weighted by molar-refractivity contribution is -0.142. The zero-order valence-electron chi connectivity index (χ0n) is 13.5. The average Bonchev–Trinajstić information content (AvgIpc) is 2.48. The molecule has 2 aliphatic carbocycles. The van der Waals surface area contributed by atoms with Gasteiger partial charge in [-0.25, -0.2) is 0 Å². The van der Waals surface area contributed by atoms with E-state index in [1.807, 2.05) is 11.9 Å². The van der Waals surface area contributed by atoms with Crippen molar-refractivity contribution in [3.8, 4) is 0 Å². The first-order chi connectivity index (χ1) is 10.5. The average molecular weight is 299 g/mol. The summed E-state index contributed by atoms with van der Waals surface area (Å²) in [5.41, 5.74) is 2.39.